The highest BCUT2D eigenvalue weighted by Gasteiger charge is 2.35. The number of para-hydroxylation sites is 3. The largest absolute Gasteiger partial charge is 0.296 e. The molecule has 2 heteroatoms. The Hall–Kier alpha value is -5.47. The van der Waals surface area contributed by atoms with Gasteiger partial charge < -0.3 is 0 Å². The maximum absolute atomic E-state index is 4.92. The van der Waals surface area contributed by atoms with Crippen molar-refractivity contribution in [3.05, 3.63) is 156 Å². The van der Waals surface area contributed by atoms with Crippen LogP contribution in [0, 0.1) is 6.92 Å². The molecule has 1 aliphatic carbocycles. The first-order valence-corrected chi connectivity index (χ1v) is 15.7. The van der Waals surface area contributed by atoms with Gasteiger partial charge in [-0.25, -0.2) is 4.98 Å². The van der Waals surface area contributed by atoms with Gasteiger partial charge in [0.15, 0.2) is 0 Å². The topological polar surface area (TPSA) is 17.8 Å². The first kappa shape index (κ1) is 26.0. The van der Waals surface area contributed by atoms with Crippen LogP contribution in [0.25, 0.3) is 71.6 Å². The zero-order chi connectivity index (χ0) is 30.3. The van der Waals surface area contributed by atoms with E-state index in [1.54, 1.807) is 0 Å². The molecule has 0 saturated carbocycles. The van der Waals surface area contributed by atoms with Crippen molar-refractivity contribution < 1.29 is 0 Å². The molecule has 0 spiro atoms. The molecule has 8 aromatic rings. The van der Waals surface area contributed by atoms with Crippen LogP contribution in [0.15, 0.2) is 140 Å². The van der Waals surface area contributed by atoms with E-state index in [4.69, 9.17) is 4.98 Å². The third-order valence-corrected chi connectivity index (χ3v) is 9.95. The van der Waals surface area contributed by atoms with Crippen LogP contribution in [0.5, 0.6) is 0 Å². The highest BCUT2D eigenvalue weighted by Crippen LogP contribution is 2.51. The van der Waals surface area contributed by atoms with Gasteiger partial charge in [-0.15, -0.1) is 0 Å². The van der Waals surface area contributed by atoms with Crippen LogP contribution in [0.3, 0.4) is 0 Å². The smallest absolute Gasteiger partial charge is 0.111 e. The van der Waals surface area contributed by atoms with Gasteiger partial charge >= 0.3 is 0 Å². The van der Waals surface area contributed by atoms with E-state index in [-0.39, 0.29) is 5.41 Å². The summed E-state index contributed by atoms with van der Waals surface area (Å²) in [5.74, 6) is 0.982. The maximum atomic E-state index is 4.92. The monoisotopic (exact) mass is 576 g/mol. The molecule has 0 N–H and O–H groups in total. The van der Waals surface area contributed by atoms with Gasteiger partial charge in [0.2, 0.25) is 0 Å². The lowest BCUT2D eigenvalue weighted by Crippen LogP contribution is -2.14. The van der Waals surface area contributed by atoms with Gasteiger partial charge in [-0.05, 0) is 91.7 Å². The van der Waals surface area contributed by atoms with E-state index in [9.17, 15) is 0 Å². The number of nitrogens with zero attached hydrogens (tertiary/aromatic N) is 2. The Balaban J connectivity index is 1.35. The van der Waals surface area contributed by atoms with E-state index in [0.29, 0.717) is 0 Å². The third-order valence-electron chi connectivity index (χ3n) is 9.95. The van der Waals surface area contributed by atoms with Crippen molar-refractivity contribution in [3.8, 4) is 39.1 Å². The quantitative estimate of drug-likeness (QED) is 0.191. The van der Waals surface area contributed by atoms with Crippen LogP contribution >= 0.6 is 0 Å². The summed E-state index contributed by atoms with van der Waals surface area (Å²) >= 11 is 0. The van der Waals surface area contributed by atoms with Gasteiger partial charge in [0.25, 0.3) is 0 Å². The van der Waals surface area contributed by atoms with Gasteiger partial charge in [-0.2, -0.15) is 0 Å². The predicted octanol–water partition coefficient (Wildman–Crippen LogP) is 11.3. The summed E-state index contributed by atoms with van der Waals surface area (Å²) in [7, 11) is 0. The molecular weight excluding hydrogens is 544 g/mol. The maximum Gasteiger partial charge on any atom is 0.111 e. The number of fused-ring (bicyclic) bond motifs is 6. The summed E-state index contributed by atoms with van der Waals surface area (Å²) in [6.45, 7) is 6.82. The highest BCUT2D eigenvalue weighted by atomic mass is 15.1. The number of aromatic nitrogens is 2. The predicted molar refractivity (Wildman–Crippen MR) is 189 cm³/mol. The van der Waals surface area contributed by atoms with Crippen LogP contribution in [-0.2, 0) is 5.41 Å². The molecule has 2 nitrogen and oxygen atoms in total. The molecule has 45 heavy (non-hydrogen) atoms. The summed E-state index contributed by atoms with van der Waals surface area (Å²) < 4.78 is 2.31. The summed E-state index contributed by atoms with van der Waals surface area (Å²) in [4.78, 5) is 4.92. The van der Waals surface area contributed by atoms with Gasteiger partial charge in [-0.1, -0.05) is 129 Å². The summed E-state index contributed by atoms with van der Waals surface area (Å²) in [6.07, 6.45) is 0. The Kier molecular flexibility index (Phi) is 5.49. The van der Waals surface area contributed by atoms with E-state index < -0.39 is 0 Å². The minimum Gasteiger partial charge on any atom is -0.296 e. The van der Waals surface area contributed by atoms with Gasteiger partial charge in [0.05, 0.1) is 16.7 Å². The third kappa shape index (κ3) is 3.66. The zero-order valence-electron chi connectivity index (χ0n) is 25.7. The van der Waals surface area contributed by atoms with E-state index in [1.165, 1.54) is 66.1 Å². The van der Waals surface area contributed by atoms with Crippen molar-refractivity contribution in [1.29, 1.82) is 0 Å². The SMILES string of the molecule is Cc1nc2ccccc2n1-c1ccccc1-c1c2ccccc2c(-c2ccc3c(c2)C(C)(C)c2ccccc2-3)c2ccccc12. The molecule has 0 aliphatic heterocycles. The van der Waals surface area contributed by atoms with Crippen LogP contribution < -0.4 is 0 Å². The Morgan fingerprint density at radius 3 is 1.80 bits per heavy atom. The zero-order valence-corrected chi connectivity index (χ0v) is 25.7. The molecule has 0 unspecified atom stereocenters. The van der Waals surface area contributed by atoms with Gasteiger partial charge in [0, 0.05) is 11.0 Å². The molecule has 0 fully saturated rings. The van der Waals surface area contributed by atoms with Crippen LogP contribution in [0.1, 0.15) is 30.8 Å². The molecule has 7 aromatic carbocycles. The van der Waals surface area contributed by atoms with Crippen molar-refractivity contribution in [3.63, 3.8) is 0 Å². The van der Waals surface area contributed by atoms with Gasteiger partial charge in [0.1, 0.15) is 5.82 Å². The Labute approximate surface area is 263 Å². The molecule has 1 heterocycles. The molecule has 0 saturated heterocycles. The number of imidazole rings is 1. The lowest BCUT2D eigenvalue weighted by molar-refractivity contribution is 0.660. The molecule has 0 bridgehead atoms. The number of hydrogen-bond donors (Lipinski definition) is 0. The molecular formula is C43H32N2. The normalized spacial score (nSPS) is 13.4. The molecule has 9 rings (SSSR count). The Morgan fingerprint density at radius 1 is 0.511 bits per heavy atom. The fourth-order valence-electron chi connectivity index (χ4n) is 7.92. The second kappa shape index (κ2) is 9.51. The van der Waals surface area contributed by atoms with Gasteiger partial charge in [-0.3, -0.25) is 4.57 Å². The van der Waals surface area contributed by atoms with Crippen molar-refractivity contribution in [2.24, 2.45) is 0 Å². The van der Waals surface area contributed by atoms with Crippen molar-refractivity contribution in [2.45, 2.75) is 26.2 Å². The molecule has 0 amide bonds. The molecule has 214 valence electrons. The van der Waals surface area contributed by atoms with Crippen molar-refractivity contribution >= 4 is 32.6 Å². The summed E-state index contributed by atoms with van der Waals surface area (Å²) in [6, 6.07) is 51.1. The molecule has 1 aromatic heterocycles. The van der Waals surface area contributed by atoms with E-state index in [1.807, 2.05) is 0 Å². The fraction of sp³-hybridized carbons (Fsp3) is 0.0930. The molecule has 1 aliphatic rings. The molecule has 0 radical (unpaired) electrons. The lowest BCUT2D eigenvalue weighted by Gasteiger charge is -2.23. The number of aryl methyl sites for hydroxylation is 1. The average molecular weight is 577 g/mol. The van der Waals surface area contributed by atoms with E-state index in [0.717, 1.165) is 22.5 Å². The van der Waals surface area contributed by atoms with Crippen LogP contribution in [0.4, 0.5) is 0 Å². The first-order chi connectivity index (χ1) is 22.0. The van der Waals surface area contributed by atoms with Crippen molar-refractivity contribution in [2.75, 3.05) is 0 Å². The standard InChI is InChI=1S/C43H32N2/c1-27-44-38-21-11-13-23-40(38)45(27)39-22-12-9-19-35(39)42-33-17-6-4-15-31(33)41(32-16-5-7-18-34(32)42)28-24-25-30-29-14-8-10-20-36(29)43(2,3)37(30)26-28/h4-26H,1-3H3. The fourth-order valence-corrected chi connectivity index (χ4v) is 7.92. The minimum atomic E-state index is -0.0577. The first-order valence-electron chi connectivity index (χ1n) is 15.7. The van der Waals surface area contributed by atoms with Crippen molar-refractivity contribution in [1.82, 2.24) is 9.55 Å². The number of hydrogen-bond acceptors (Lipinski definition) is 1. The van der Waals surface area contributed by atoms with E-state index in [2.05, 4.69) is 165 Å². The summed E-state index contributed by atoms with van der Waals surface area (Å²) in [5, 5.41) is 5.04. The molecule has 0 atom stereocenters. The Bertz CT molecular complexity index is 2420. The number of rotatable bonds is 3. The second-order valence-electron chi connectivity index (χ2n) is 12.8. The Morgan fingerprint density at radius 2 is 1.07 bits per heavy atom. The lowest BCUT2D eigenvalue weighted by atomic mass is 9.80. The highest BCUT2D eigenvalue weighted by molar-refractivity contribution is 6.22. The average Bonchev–Trinajstić information content (AvgIpc) is 3.53. The number of benzene rings is 7. The summed E-state index contributed by atoms with van der Waals surface area (Å²) in [5.41, 5.74) is 13.7. The van der Waals surface area contributed by atoms with Crippen LogP contribution in [-0.4, -0.2) is 9.55 Å². The minimum absolute atomic E-state index is 0.0577. The second-order valence-corrected chi connectivity index (χ2v) is 12.8. The van der Waals surface area contributed by atoms with Crippen LogP contribution in [0.2, 0.25) is 0 Å². The van der Waals surface area contributed by atoms with E-state index >= 15 is 0 Å².